The topological polar surface area (TPSA) is 68.0 Å². The fourth-order valence-corrected chi connectivity index (χ4v) is 1.58. The van der Waals surface area contributed by atoms with Crippen LogP contribution in [0.25, 0.3) is 0 Å². The van der Waals surface area contributed by atoms with Crippen molar-refractivity contribution in [3.8, 4) is 0 Å². The summed E-state index contributed by atoms with van der Waals surface area (Å²) in [6.45, 7) is 1.80. The van der Waals surface area contributed by atoms with Crippen LogP contribution in [0.3, 0.4) is 0 Å². The standard InChI is InChI=1S/C13H12FN3O/c1-8-2-3-11(10(14)6-8)17-12-7-16-5-4-9(12)13(15)18/h2-7,17H,1H3,(H2,15,18). The fourth-order valence-electron chi connectivity index (χ4n) is 1.58. The van der Waals surface area contributed by atoms with Crippen molar-refractivity contribution < 1.29 is 9.18 Å². The van der Waals surface area contributed by atoms with Crippen LogP contribution in [0.15, 0.2) is 36.7 Å². The van der Waals surface area contributed by atoms with Gasteiger partial charge in [-0.05, 0) is 30.7 Å². The smallest absolute Gasteiger partial charge is 0.250 e. The number of hydrogen-bond donors (Lipinski definition) is 2. The Morgan fingerprint density at radius 1 is 1.33 bits per heavy atom. The molecule has 1 amide bonds. The third-order valence-electron chi connectivity index (χ3n) is 2.48. The number of benzene rings is 1. The number of aromatic nitrogens is 1. The number of nitrogens with zero attached hydrogens (tertiary/aromatic N) is 1. The molecule has 0 aliphatic heterocycles. The average Bonchev–Trinajstić information content (AvgIpc) is 2.33. The van der Waals surface area contributed by atoms with Gasteiger partial charge in [0.05, 0.1) is 23.1 Å². The minimum atomic E-state index is -0.590. The zero-order valence-corrected chi connectivity index (χ0v) is 9.77. The van der Waals surface area contributed by atoms with Gasteiger partial charge in [-0.25, -0.2) is 4.39 Å². The lowest BCUT2D eigenvalue weighted by atomic mass is 10.2. The van der Waals surface area contributed by atoms with Crippen LogP contribution >= 0.6 is 0 Å². The van der Waals surface area contributed by atoms with E-state index >= 15 is 0 Å². The van der Waals surface area contributed by atoms with Gasteiger partial charge in [-0.15, -0.1) is 0 Å². The molecule has 2 aromatic rings. The van der Waals surface area contributed by atoms with Crippen molar-refractivity contribution in [2.75, 3.05) is 5.32 Å². The summed E-state index contributed by atoms with van der Waals surface area (Å²) < 4.78 is 13.7. The Hall–Kier alpha value is -2.43. The van der Waals surface area contributed by atoms with E-state index in [9.17, 15) is 9.18 Å². The number of hydrogen-bond acceptors (Lipinski definition) is 3. The molecule has 0 bridgehead atoms. The number of primary amides is 1. The zero-order valence-electron chi connectivity index (χ0n) is 9.77. The third-order valence-corrected chi connectivity index (χ3v) is 2.48. The third kappa shape index (κ3) is 2.45. The van der Waals surface area contributed by atoms with Gasteiger partial charge in [-0.2, -0.15) is 0 Å². The highest BCUT2D eigenvalue weighted by atomic mass is 19.1. The van der Waals surface area contributed by atoms with Gasteiger partial charge in [0, 0.05) is 6.20 Å². The molecule has 18 heavy (non-hydrogen) atoms. The Kier molecular flexibility index (Phi) is 3.23. The van der Waals surface area contributed by atoms with Crippen molar-refractivity contribution >= 4 is 17.3 Å². The largest absolute Gasteiger partial charge is 0.366 e. The number of amides is 1. The second kappa shape index (κ2) is 4.83. The minimum Gasteiger partial charge on any atom is -0.366 e. The molecule has 3 N–H and O–H groups in total. The van der Waals surface area contributed by atoms with Crippen LogP contribution in [0.5, 0.6) is 0 Å². The molecule has 1 aromatic heterocycles. The second-order valence-electron chi connectivity index (χ2n) is 3.89. The SMILES string of the molecule is Cc1ccc(Nc2cnccc2C(N)=O)c(F)c1. The van der Waals surface area contributed by atoms with Crippen LogP contribution in [-0.4, -0.2) is 10.9 Å². The Labute approximate surface area is 104 Å². The average molecular weight is 245 g/mol. The number of carbonyl (C=O) groups excluding carboxylic acids is 1. The maximum atomic E-state index is 13.7. The summed E-state index contributed by atoms with van der Waals surface area (Å²) in [5, 5.41) is 2.81. The van der Waals surface area contributed by atoms with E-state index in [1.807, 2.05) is 0 Å². The summed E-state index contributed by atoms with van der Waals surface area (Å²) in [4.78, 5) is 15.1. The van der Waals surface area contributed by atoms with Gasteiger partial charge in [0.1, 0.15) is 5.82 Å². The predicted molar refractivity (Wildman–Crippen MR) is 67.2 cm³/mol. The molecule has 4 nitrogen and oxygen atoms in total. The summed E-state index contributed by atoms with van der Waals surface area (Å²) in [6.07, 6.45) is 2.89. The van der Waals surface area contributed by atoms with Crippen LogP contribution in [0.1, 0.15) is 15.9 Å². The predicted octanol–water partition coefficient (Wildman–Crippen LogP) is 2.37. The van der Waals surface area contributed by atoms with E-state index in [0.29, 0.717) is 5.69 Å². The maximum Gasteiger partial charge on any atom is 0.250 e. The quantitative estimate of drug-likeness (QED) is 0.872. The number of aryl methyl sites for hydroxylation is 1. The molecule has 0 spiro atoms. The van der Waals surface area contributed by atoms with Crippen molar-refractivity contribution in [1.82, 2.24) is 4.98 Å². The van der Waals surface area contributed by atoms with Crippen molar-refractivity contribution in [3.05, 3.63) is 53.6 Å². The number of nitrogens with two attached hydrogens (primary N) is 1. The molecule has 5 heteroatoms. The Morgan fingerprint density at radius 3 is 2.78 bits per heavy atom. The van der Waals surface area contributed by atoms with Gasteiger partial charge >= 0.3 is 0 Å². The van der Waals surface area contributed by atoms with Crippen LogP contribution in [0.2, 0.25) is 0 Å². The highest BCUT2D eigenvalue weighted by Crippen LogP contribution is 2.22. The molecule has 0 aliphatic carbocycles. The number of halogens is 1. The monoisotopic (exact) mass is 245 g/mol. The number of nitrogens with one attached hydrogen (secondary N) is 1. The first-order valence-electron chi connectivity index (χ1n) is 5.35. The molecule has 1 heterocycles. The van der Waals surface area contributed by atoms with Crippen LogP contribution < -0.4 is 11.1 Å². The lowest BCUT2D eigenvalue weighted by molar-refractivity contribution is 0.100. The zero-order chi connectivity index (χ0) is 13.1. The maximum absolute atomic E-state index is 13.7. The first kappa shape index (κ1) is 12.0. The molecular weight excluding hydrogens is 233 g/mol. The molecule has 1 aromatic carbocycles. The summed E-state index contributed by atoms with van der Waals surface area (Å²) in [5.74, 6) is -0.985. The molecule has 0 atom stereocenters. The Bertz CT molecular complexity index is 599. The van der Waals surface area contributed by atoms with Gasteiger partial charge in [-0.3, -0.25) is 9.78 Å². The number of pyridine rings is 1. The molecule has 0 unspecified atom stereocenters. The van der Waals surface area contributed by atoms with E-state index in [-0.39, 0.29) is 11.3 Å². The van der Waals surface area contributed by atoms with Crippen molar-refractivity contribution in [3.63, 3.8) is 0 Å². The summed E-state index contributed by atoms with van der Waals surface area (Å²) in [6, 6.07) is 6.26. The van der Waals surface area contributed by atoms with E-state index in [4.69, 9.17) is 5.73 Å². The first-order valence-corrected chi connectivity index (χ1v) is 5.35. The van der Waals surface area contributed by atoms with Crippen LogP contribution in [-0.2, 0) is 0 Å². The molecule has 0 radical (unpaired) electrons. The van der Waals surface area contributed by atoms with Gasteiger partial charge < -0.3 is 11.1 Å². The molecule has 0 saturated carbocycles. The number of anilines is 2. The van der Waals surface area contributed by atoms with E-state index in [1.165, 1.54) is 24.5 Å². The molecule has 2 rings (SSSR count). The molecule has 0 aliphatic rings. The lowest BCUT2D eigenvalue weighted by Crippen LogP contribution is -2.13. The van der Waals surface area contributed by atoms with Crippen molar-refractivity contribution in [2.24, 2.45) is 5.73 Å². The van der Waals surface area contributed by atoms with Gasteiger partial charge in [-0.1, -0.05) is 6.07 Å². The summed E-state index contributed by atoms with van der Waals surface area (Å²) in [7, 11) is 0. The number of carbonyl (C=O) groups is 1. The highest BCUT2D eigenvalue weighted by Gasteiger charge is 2.09. The van der Waals surface area contributed by atoms with E-state index < -0.39 is 11.7 Å². The Morgan fingerprint density at radius 2 is 2.11 bits per heavy atom. The molecular formula is C13H12FN3O. The second-order valence-corrected chi connectivity index (χ2v) is 3.89. The first-order chi connectivity index (χ1) is 8.58. The van der Waals surface area contributed by atoms with E-state index in [2.05, 4.69) is 10.3 Å². The summed E-state index contributed by atoms with van der Waals surface area (Å²) in [5.41, 5.74) is 6.97. The highest BCUT2D eigenvalue weighted by molar-refractivity contribution is 5.98. The van der Waals surface area contributed by atoms with Crippen molar-refractivity contribution in [1.29, 1.82) is 0 Å². The fraction of sp³-hybridized carbons (Fsp3) is 0.0769. The van der Waals surface area contributed by atoms with Gasteiger partial charge in [0.2, 0.25) is 0 Å². The van der Waals surface area contributed by atoms with Crippen LogP contribution in [0, 0.1) is 12.7 Å². The van der Waals surface area contributed by atoms with Gasteiger partial charge in [0.15, 0.2) is 0 Å². The number of rotatable bonds is 3. The molecule has 0 saturated heterocycles. The minimum absolute atomic E-state index is 0.268. The van der Waals surface area contributed by atoms with E-state index in [1.54, 1.807) is 19.1 Å². The van der Waals surface area contributed by atoms with Gasteiger partial charge in [0.25, 0.3) is 5.91 Å². The summed E-state index contributed by atoms with van der Waals surface area (Å²) >= 11 is 0. The van der Waals surface area contributed by atoms with Crippen LogP contribution in [0.4, 0.5) is 15.8 Å². The van der Waals surface area contributed by atoms with E-state index in [0.717, 1.165) is 5.56 Å². The van der Waals surface area contributed by atoms with Crippen molar-refractivity contribution in [2.45, 2.75) is 6.92 Å². The Balaban J connectivity index is 2.37. The normalized spacial score (nSPS) is 10.1. The molecule has 0 fully saturated rings. The molecule has 92 valence electrons. The lowest BCUT2D eigenvalue weighted by Gasteiger charge is -2.10.